The number of benzene rings is 2. The molecule has 2 aliphatic rings. The van der Waals surface area contributed by atoms with Gasteiger partial charge in [0.1, 0.15) is 30.5 Å². The van der Waals surface area contributed by atoms with Crippen LogP contribution in [0.5, 0.6) is 11.5 Å². The maximum atomic E-state index is 13.5. The number of ketones is 1. The molecule has 0 spiro atoms. The van der Waals surface area contributed by atoms with E-state index in [0.717, 1.165) is 11.1 Å². The van der Waals surface area contributed by atoms with Crippen molar-refractivity contribution in [1.29, 1.82) is 5.41 Å². The highest BCUT2D eigenvalue weighted by molar-refractivity contribution is 8.93. The SMILES string of the molecule is Br.CCOc1cc2c(cc1C(=O)NC)C(=N)N(CC(=O)c1cc(C(C)C)c3c(c1)N(CC(=O)O)CCO3)C2. The number of carbonyl (C=O) groups excluding carboxylic acids is 2. The number of ether oxygens (including phenoxy) is 2. The fourth-order valence-corrected chi connectivity index (χ4v) is 4.74. The summed E-state index contributed by atoms with van der Waals surface area (Å²) in [5.74, 6) is -0.185. The maximum Gasteiger partial charge on any atom is 0.323 e. The van der Waals surface area contributed by atoms with E-state index in [-0.39, 0.29) is 53.5 Å². The molecular formula is C27H33BrN4O6. The normalized spacial score (nSPS) is 13.9. The van der Waals surface area contributed by atoms with Gasteiger partial charge in [0.25, 0.3) is 5.91 Å². The lowest BCUT2D eigenvalue weighted by Crippen LogP contribution is -2.37. The summed E-state index contributed by atoms with van der Waals surface area (Å²) in [5.41, 5.74) is 3.61. The van der Waals surface area contributed by atoms with Crippen LogP contribution in [0, 0.1) is 5.41 Å². The molecule has 0 saturated carbocycles. The van der Waals surface area contributed by atoms with E-state index < -0.39 is 5.97 Å². The van der Waals surface area contributed by atoms with E-state index in [1.165, 1.54) is 7.05 Å². The van der Waals surface area contributed by atoms with Crippen LogP contribution in [0.15, 0.2) is 24.3 Å². The van der Waals surface area contributed by atoms with Crippen LogP contribution in [0.2, 0.25) is 0 Å². The van der Waals surface area contributed by atoms with E-state index in [1.54, 1.807) is 34.1 Å². The number of Topliss-reactive ketones (excluding diaryl/α,β-unsaturated/α-hetero) is 1. The molecule has 0 bridgehead atoms. The number of carbonyl (C=O) groups is 3. The van der Waals surface area contributed by atoms with Gasteiger partial charge in [0.15, 0.2) is 5.78 Å². The lowest BCUT2D eigenvalue weighted by Gasteiger charge is -2.32. The van der Waals surface area contributed by atoms with Gasteiger partial charge < -0.3 is 29.7 Å². The second kappa shape index (κ2) is 11.8. The lowest BCUT2D eigenvalue weighted by atomic mass is 9.95. The molecule has 11 heteroatoms. The molecule has 0 atom stereocenters. The van der Waals surface area contributed by atoms with E-state index in [1.807, 2.05) is 20.8 Å². The summed E-state index contributed by atoms with van der Waals surface area (Å²) in [7, 11) is 1.54. The Kier molecular flexibility index (Phi) is 9.03. The number of amidine groups is 1. The molecule has 0 aliphatic carbocycles. The van der Waals surface area contributed by atoms with Crippen LogP contribution in [-0.2, 0) is 11.3 Å². The van der Waals surface area contributed by atoms with Gasteiger partial charge in [-0.1, -0.05) is 13.8 Å². The highest BCUT2D eigenvalue weighted by atomic mass is 79.9. The first kappa shape index (κ1) is 29.0. The molecule has 3 N–H and O–H groups in total. The van der Waals surface area contributed by atoms with Crippen molar-refractivity contribution in [3.8, 4) is 11.5 Å². The van der Waals surface area contributed by atoms with Crippen LogP contribution in [0.3, 0.4) is 0 Å². The summed E-state index contributed by atoms with van der Waals surface area (Å²) < 4.78 is 11.5. The van der Waals surface area contributed by atoms with Crippen molar-refractivity contribution in [1.82, 2.24) is 10.2 Å². The van der Waals surface area contributed by atoms with Gasteiger partial charge in [0.2, 0.25) is 0 Å². The zero-order chi connectivity index (χ0) is 26.9. The number of halogens is 1. The molecule has 2 aromatic carbocycles. The fraction of sp³-hybridized carbons (Fsp3) is 0.407. The number of carboxylic acids is 1. The Bertz CT molecular complexity index is 1280. The van der Waals surface area contributed by atoms with E-state index >= 15 is 0 Å². The van der Waals surface area contributed by atoms with Crippen molar-refractivity contribution in [3.63, 3.8) is 0 Å². The Morgan fingerprint density at radius 1 is 1.16 bits per heavy atom. The van der Waals surface area contributed by atoms with Gasteiger partial charge in [0, 0.05) is 24.7 Å². The summed E-state index contributed by atoms with van der Waals surface area (Å²) in [6.07, 6.45) is 0. The number of anilines is 1. The fourth-order valence-electron chi connectivity index (χ4n) is 4.74. The van der Waals surface area contributed by atoms with Crippen LogP contribution in [0.4, 0.5) is 5.69 Å². The average molecular weight is 589 g/mol. The third kappa shape index (κ3) is 5.62. The molecule has 2 aromatic rings. The first-order valence-corrected chi connectivity index (χ1v) is 12.3. The highest BCUT2D eigenvalue weighted by Crippen LogP contribution is 2.40. The second-order valence-electron chi connectivity index (χ2n) is 9.38. The monoisotopic (exact) mass is 588 g/mol. The summed E-state index contributed by atoms with van der Waals surface area (Å²) in [6, 6.07) is 6.90. The van der Waals surface area contributed by atoms with Gasteiger partial charge in [-0.2, -0.15) is 0 Å². The zero-order valence-electron chi connectivity index (χ0n) is 21.9. The van der Waals surface area contributed by atoms with Crippen LogP contribution < -0.4 is 19.7 Å². The van der Waals surface area contributed by atoms with Crippen molar-refractivity contribution in [2.45, 2.75) is 33.2 Å². The van der Waals surface area contributed by atoms with Crippen LogP contribution >= 0.6 is 17.0 Å². The van der Waals surface area contributed by atoms with Gasteiger partial charge in [-0.05, 0) is 48.2 Å². The number of fused-ring (bicyclic) bond motifs is 2. The molecule has 38 heavy (non-hydrogen) atoms. The zero-order valence-corrected chi connectivity index (χ0v) is 23.6. The van der Waals surface area contributed by atoms with Gasteiger partial charge in [-0.25, -0.2) is 0 Å². The molecular weight excluding hydrogens is 556 g/mol. The van der Waals surface area contributed by atoms with E-state index in [4.69, 9.17) is 14.9 Å². The second-order valence-corrected chi connectivity index (χ2v) is 9.38. The van der Waals surface area contributed by atoms with E-state index in [2.05, 4.69) is 5.32 Å². The Balaban J connectivity index is 0.00000400. The number of nitrogens with one attached hydrogen (secondary N) is 2. The summed E-state index contributed by atoms with van der Waals surface area (Å²) >= 11 is 0. The number of hydrogen-bond donors (Lipinski definition) is 3. The first-order chi connectivity index (χ1) is 17.6. The number of carboxylic acid groups (broad SMARTS) is 1. The predicted octanol–water partition coefficient (Wildman–Crippen LogP) is 3.45. The van der Waals surface area contributed by atoms with Crippen molar-refractivity contribution >= 4 is 46.2 Å². The largest absolute Gasteiger partial charge is 0.493 e. The third-order valence-corrected chi connectivity index (χ3v) is 6.56. The molecule has 2 aliphatic heterocycles. The number of amides is 1. The highest BCUT2D eigenvalue weighted by Gasteiger charge is 2.31. The number of hydrogen-bond acceptors (Lipinski definition) is 7. The van der Waals surface area contributed by atoms with Crippen molar-refractivity contribution in [2.75, 3.05) is 44.8 Å². The molecule has 0 fully saturated rings. The third-order valence-electron chi connectivity index (χ3n) is 6.56. The number of aliphatic carboxylic acids is 1. The Morgan fingerprint density at radius 3 is 2.53 bits per heavy atom. The molecule has 204 valence electrons. The first-order valence-electron chi connectivity index (χ1n) is 12.3. The minimum Gasteiger partial charge on any atom is -0.493 e. The van der Waals surface area contributed by atoms with Crippen LogP contribution in [0.1, 0.15) is 64.1 Å². The Morgan fingerprint density at radius 2 is 1.89 bits per heavy atom. The maximum absolute atomic E-state index is 13.5. The lowest BCUT2D eigenvalue weighted by molar-refractivity contribution is -0.135. The molecule has 2 heterocycles. The molecule has 0 radical (unpaired) electrons. The molecule has 10 nitrogen and oxygen atoms in total. The van der Waals surface area contributed by atoms with Gasteiger partial charge in [0.05, 0.1) is 30.9 Å². The minimum absolute atomic E-state index is 0. The molecule has 0 aromatic heterocycles. The molecule has 0 unspecified atom stereocenters. The van der Waals surface area contributed by atoms with Crippen molar-refractivity contribution in [2.24, 2.45) is 0 Å². The predicted molar refractivity (Wildman–Crippen MR) is 149 cm³/mol. The molecule has 0 saturated heterocycles. The summed E-state index contributed by atoms with van der Waals surface area (Å²) in [5, 5.41) is 20.6. The van der Waals surface area contributed by atoms with Crippen molar-refractivity contribution < 1.29 is 29.0 Å². The Labute approximate surface area is 232 Å². The molecule has 1 amide bonds. The minimum atomic E-state index is -0.957. The van der Waals surface area contributed by atoms with Crippen LogP contribution in [0.25, 0.3) is 0 Å². The average Bonchev–Trinajstić information content (AvgIpc) is 3.16. The van der Waals surface area contributed by atoms with Gasteiger partial charge in [-0.15, -0.1) is 17.0 Å². The smallest absolute Gasteiger partial charge is 0.323 e. The van der Waals surface area contributed by atoms with Crippen LogP contribution in [-0.4, -0.2) is 73.4 Å². The van der Waals surface area contributed by atoms with E-state index in [0.29, 0.717) is 60.2 Å². The van der Waals surface area contributed by atoms with E-state index in [9.17, 15) is 19.5 Å². The van der Waals surface area contributed by atoms with Gasteiger partial charge in [-0.3, -0.25) is 19.8 Å². The standard InChI is InChI=1S/C27H32N4O6.BrH/c1-5-36-23-10-17-12-31(26(28)19(17)11-20(23)27(35)29-4)13-22(32)16-8-18(15(2)3)25-21(9-16)30(6-7-37-25)14-24(33)34;/h8-11,15,28H,5-7,12-14H2,1-4H3,(H,29,35)(H,33,34);1H. The number of rotatable bonds is 9. The van der Waals surface area contributed by atoms with Crippen molar-refractivity contribution in [3.05, 3.63) is 52.1 Å². The van der Waals surface area contributed by atoms with Gasteiger partial charge >= 0.3 is 5.97 Å². The quantitative estimate of drug-likeness (QED) is 0.379. The topological polar surface area (TPSA) is 132 Å². The number of nitrogens with zero attached hydrogens (tertiary/aromatic N) is 2. The molecule has 4 rings (SSSR count). The summed E-state index contributed by atoms with van der Waals surface area (Å²) in [6.45, 7) is 7.11. The summed E-state index contributed by atoms with van der Waals surface area (Å²) in [4.78, 5) is 40.7. The Hall–Kier alpha value is -3.60.